The number of rotatable bonds is 2. The third-order valence-corrected chi connectivity index (χ3v) is 2.16. The fraction of sp³-hybridized carbons (Fsp3) is 0.0833. The average molecular weight is 224 g/mol. The van der Waals surface area contributed by atoms with Gasteiger partial charge in [0.05, 0.1) is 0 Å². The van der Waals surface area contributed by atoms with Crippen molar-refractivity contribution in [2.24, 2.45) is 0 Å². The van der Waals surface area contributed by atoms with Gasteiger partial charge in [0.25, 0.3) is 0 Å². The maximum atomic E-state index is 10.4. The third-order valence-electron chi connectivity index (χ3n) is 2.16. The van der Waals surface area contributed by atoms with Crippen molar-refractivity contribution in [3.8, 4) is 0 Å². The Hall–Kier alpha value is -0.194. The van der Waals surface area contributed by atoms with Crippen LogP contribution >= 0.6 is 0 Å². The summed E-state index contributed by atoms with van der Waals surface area (Å²) in [7, 11) is 0. The number of fused-ring (bicyclic) bond motifs is 1. The Morgan fingerprint density at radius 2 is 1.73 bits per heavy atom. The van der Waals surface area contributed by atoms with Gasteiger partial charge >= 0.3 is 51.4 Å². The molecule has 0 saturated heterocycles. The molecule has 70 valence electrons. The summed E-state index contributed by atoms with van der Waals surface area (Å²) in [4.78, 5) is 10.4. The molecule has 3 heteroatoms. The van der Waals surface area contributed by atoms with E-state index in [1.54, 1.807) is 0 Å². The Kier molecular flexibility index (Phi) is 4.95. The molecule has 15 heavy (non-hydrogen) atoms. The molecule has 2 nitrogen and oxygen atoms in total. The van der Waals surface area contributed by atoms with Gasteiger partial charge in [-0.25, -0.2) is 0 Å². The van der Waals surface area contributed by atoms with Crippen LogP contribution in [-0.2, 0) is 11.2 Å². The summed E-state index contributed by atoms with van der Waals surface area (Å²) in [6.07, 6.45) is -0.0230. The van der Waals surface area contributed by atoms with E-state index in [4.69, 9.17) is 0 Å². The summed E-state index contributed by atoms with van der Waals surface area (Å²) in [5.41, 5.74) is 0.781. The van der Waals surface area contributed by atoms with E-state index < -0.39 is 5.97 Å². The van der Waals surface area contributed by atoms with E-state index in [0.717, 1.165) is 16.3 Å². The van der Waals surface area contributed by atoms with E-state index in [9.17, 15) is 9.90 Å². The molecule has 0 aliphatic rings. The molecule has 0 saturated carbocycles. The fourth-order valence-corrected chi connectivity index (χ4v) is 1.52. The Morgan fingerprint density at radius 3 is 2.40 bits per heavy atom. The van der Waals surface area contributed by atoms with Crippen LogP contribution in [0.3, 0.4) is 0 Å². The van der Waals surface area contributed by atoms with Crippen molar-refractivity contribution in [1.29, 1.82) is 0 Å². The Bertz CT molecular complexity index is 480. The minimum atomic E-state index is -1.04. The van der Waals surface area contributed by atoms with Crippen molar-refractivity contribution in [1.82, 2.24) is 0 Å². The molecule has 0 fully saturated rings. The summed E-state index contributed by atoms with van der Waals surface area (Å²) in [5.74, 6) is -1.04. The zero-order valence-electron chi connectivity index (χ0n) is 8.57. The zero-order chi connectivity index (χ0) is 9.97. The van der Waals surface area contributed by atoms with Crippen LogP contribution in [0.15, 0.2) is 42.5 Å². The fourth-order valence-electron chi connectivity index (χ4n) is 1.52. The molecule has 0 aliphatic heterocycles. The van der Waals surface area contributed by atoms with Gasteiger partial charge in [0.15, 0.2) is 0 Å². The second kappa shape index (κ2) is 5.77. The van der Waals surface area contributed by atoms with Crippen LogP contribution in [0.25, 0.3) is 10.8 Å². The molecule has 0 spiro atoms. The molecule has 0 amide bonds. The second-order valence-corrected chi connectivity index (χ2v) is 3.23. The van der Waals surface area contributed by atoms with Crippen LogP contribution in [0.4, 0.5) is 0 Å². The van der Waals surface area contributed by atoms with Crippen LogP contribution < -0.4 is 56.5 Å². The number of hydrogen-bond donors (Lipinski definition) is 0. The van der Waals surface area contributed by atoms with Crippen molar-refractivity contribution in [2.75, 3.05) is 0 Å². The van der Waals surface area contributed by atoms with Crippen LogP contribution in [-0.4, -0.2) is 5.97 Å². The van der Waals surface area contributed by atoms with Crippen molar-refractivity contribution < 1.29 is 61.3 Å². The molecule has 0 radical (unpaired) electrons. The predicted molar refractivity (Wildman–Crippen MR) is 52.7 cm³/mol. The van der Waals surface area contributed by atoms with E-state index in [1.165, 1.54) is 0 Å². The number of carboxylic acid groups (broad SMARTS) is 1. The summed E-state index contributed by atoms with van der Waals surface area (Å²) in [6.45, 7) is 0. The summed E-state index contributed by atoms with van der Waals surface area (Å²) >= 11 is 0. The second-order valence-electron chi connectivity index (χ2n) is 3.23. The standard InChI is InChI=1S/C12H10O2.K/c13-12(14)8-9-5-6-10-3-1-2-4-11(10)7-9;/h1-7H,8H2,(H,13,14);/q;+1/p-1. The van der Waals surface area contributed by atoms with Crippen LogP contribution in [0, 0.1) is 0 Å². The van der Waals surface area contributed by atoms with Crippen LogP contribution in [0.2, 0.25) is 0 Å². The van der Waals surface area contributed by atoms with Crippen molar-refractivity contribution in [3.63, 3.8) is 0 Å². The molecular weight excluding hydrogens is 215 g/mol. The van der Waals surface area contributed by atoms with E-state index in [-0.39, 0.29) is 57.8 Å². The maximum absolute atomic E-state index is 10.4. The minimum absolute atomic E-state index is 0. The monoisotopic (exact) mass is 224 g/mol. The largest absolute Gasteiger partial charge is 1.00 e. The van der Waals surface area contributed by atoms with Gasteiger partial charge in [0, 0.05) is 12.4 Å². The quantitative estimate of drug-likeness (QED) is 0.561. The first kappa shape index (κ1) is 12.9. The molecule has 0 bridgehead atoms. The van der Waals surface area contributed by atoms with Crippen molar-refractivity contribution in [3.05, 3.63) is 48.0 Å². The third kappa shape index (κ3) is 3.40. The topological polar surface area (TPSA) is 40.1 Å². The Labute approximate surface area is 131 Å². The van der Waals surface area contributed by atoms with Gasteiger partial charge in [0.1, 0.15) is 0 Å². The van der Waals surface area contributed by atoms with Gasteiger partial charge in [-0.15, -0.1) is 0 Å². The van der Waals surface area contributed by atoms with Gasteiger partial charge in [-0.2, -0.15) is 0 Å². The van der Waals surface area contributed by atoms with Crippen molar-refractivity contribution >= 4 is 16.7 Å². The van der Waals surface area contributed by atoms with Crippen LogP contribution in [0.5, 0.6) is 0 Å². The summed E-state index contributed by atoms with van der Waals surface area (Å²) < 4.78 is 0. The van der Waals surface area contributed by atoms with Gasteiger partial charge in [-0.3, -0.25) is 0 Å². The van der Waals surface area contributed by atoms with Gasteiger partial charge in [-0.1, -0.05) is 42.5 Å². The minimum Gasteiger partial charge on any atom is -0.550 e. The smallest absolute Gasteiger partial charge is 0.550 e. The molecule has 0 atom stereocenters. The first-order valence-electron chi connectivity index (χ1n) is 4.43. The molecular formula is C12H9KO2. The van der Waals surface area contributed by atoms with Gasteiger partial charge in [0.2, 0.25) is 0 Å². The SMILES string of the molecule is O=C([O-])Cc1ccc2ccccc2c1.[K+]. The van der Waals surface area contributed by atoms with Gasteiger partial charge in [-0.05, 0) is 16.3 Å². The zero-order valence-corrected chi connectivity index (χ0v) is 11.7. The number of carboxylic acids is 1. The molecule has 2 rings (SSSR count). The summed E-state index contributed by atoms with van der Waals surface area (Å²) in [5, 5.41) is 12.6. The maximum Gasteiger partial charge on any atom is 1.00 e. The van der Waals surface area contributed by atoms with Crippen molar-refractivity contribution in [2.45, 2.75) is 6.42 Å². The molecule has 0 aliphatic carbocycles. The average Bonchev–Trinajstić information content (AvgIpc) is 2.17. The number of hydrogen-bond acceptors (Lipinski definition) is 2. The Balaban J connectivity index is 0.00000112. The molecule has 2 aromatic rings. The number of benzene rings is 2. The predicted octanol–water partition coefficient (Wildman–Crippen LogP) is -1.86. The molecule has 0 N–H and O–H groups in total. The summed E-state index contributed by atoms with van der Waals surface area (Å²) in [6, 6.07) is 13.5. The Morgan fingerprint density at radius 1 is 1.07 bits per heavy atom. The number of carbonyl (C=O) groups excluding carboxylic acids is 1. The van der Waals surface area contributed by atoms with Gasteiger partial charge < -0.3 is 9.90 Å². The van der Waals surface area contributed by atoms with E-state index in [2.05, 4.69) is 0 Å². The first-order valence-corrected chi connectivity index (χ1v) is 4.43. The normalized spacial score (nSPS) is 9.60. The number of aliphatic carboxylic acids is 1. The first-order chi connectivity index (χ1) is 6.75. The van der Waals surface area contributed by atoms with E-state index >= 15 is 0 Å². The van der Waals surface area contributed by atoms with E-state index in [1.807, 2.05) is 42.5 Å². The number of carbonyl (C=O) groups is 1. The molecule has 0 aromatic heterocycles. The van der Waals surface area contributed by atoms with E-state index in [0.29, 0.717) is 0 Å². The van der Waals surface area contributed by atoms with Crippen LogP contribution in [0.1, 0.15) is 5.56 Å². The molecule has 0 unspecified atom stereocenters. The molecule has 0 heterocycles. The molecule has 2 aromatic carbocycles.